The molecule has 0 aromatic carbocycles. The zero-order chi connectivity index (χ0) is 14.7. The topological polar surface area (TPSA) is 76.0 Å². The highest BCUT2D eigenvalue weighted by Gasteiger charge is 2.31. The van der Waals surface area contributed by atoms with Gasteiger partial charge in [-0.15, -0.1) is 0 Å². The van der Waals surface area contributed by atoms with Gasteiger partial charge in [-0.1, -0.05) is 0 Å². The van der Waals surface area contributed by atoms with Gasteiger partial charge in [-0.25, -0.2) is 0 Å². The van der Waals surface area contributed by atoms with Crippen LogP contribution in [0.4, 0.5) is 0 Å². The minimum absolute atomic E-state index is 0.0938. The summed E-state index contributed by atoms with van der Waals surface area (Å²) < 4.78 is 13.1. The monoisotopic (exact) mass is 286 g/mol. The molecular formula is C15H18N4O2. The molecule has 110 valence electrons. The first kappa shape index (κ1) is 13.9. The molecular weight excluding hydrogens is 268 g/mol. The molecule has 6 heteroatoms. The first-order chi connectivity index (χ1) is 10.3. The van der Waals surface area contributed by atoms with Gasteiger partial charge >= 0.3 is 0 Å². The minimum Gasteiger partial charge on any atom is -0.449 e. The smallest absolute Gasteiger partial charge is 0.203 e. The van der Waals surface area contributed by atoms with Crippen molar-refractivity contribution in [3.05, 3.63) is 41.6 Å². The Morgan fingerprint density at radius 3 is 3.10 bits per heavy atom. The molecule has 0 amide bonds. The average Bonchev–Trinajstić information content (AvgIpc) is 3.19. The third-order valence-corrected chi connectivity index (χ3v) is 3.84. The number of aromatic nitrogens is 2. The third kappa shape index (κ3) is 2.99. The van der Waals surface area contributed by atoms with E-state index >= 15 is 0 Å². The highest BCUT2D eigenvalue weighted by atomic mass is 16.5. The largest absolute Gasteiger partial charge is 0.449 e. The van der Waals surface area contributed by atoms with Crippen molar-refractivity contribution >= 4 is 0 Å². The van der Waals surface area contributed by atoms with E-state index in [1.54, 1.807) is 12.3 Å². The van der Waals surface area contributed by atoms with Crippen molar-refractivity contribution < 1.29 is 9.15 Å². The van der Waals surface area contributed by atoms with Crippen LogP contribution in [0.2, 0.25) is 0 Å². The van der Waals surface area contributed by atoms with Crippen molar-refractivity contribution in [3.8, 4) is 6.07 Å². The third-order valence-electron chi connectivity index (χ3n) is 3.84. The van der Waals surface area contributed by atoms with Crippen molar-refractivity contribution in [2.45, 2.75) is 19.1 Å². The van der Waals surface area contributed by atoms with Crippen LogP contribution in [0.3, 0.4) is 0 Å². The van der Waals surface area contributed by atoms with Crippen LogP contribution < -0.4 is 5.32 Å². The number of aryl methyl sites for hydroxylation is 1. The minimum atomic E-state index is 0.0938. The van der Waals surface area contributed by atoms with Crippen molar-refractivity contribution in [3.63, 3.8) is 0 Å². The lowest BCUT2D eigenvalue weighted by atomic mass is 9.99. The lowest BCUT2D eigenvalue weighted by Crippen LogP contribution is -2.25. The number of hydrogen-bond donors (Lipinski definition) is 1. The molecule has 0 bridgehead atoms. The molecule has 0 saturated carbocycles. The zero-order valence-corrected chi connectivity index (χ0v) is 12.0. The molecule has 2 aromatic heterocycles. The Bertz CT molecular complexity index is 640. The molecule has 1 fully saturated rings. The van der Waals surface area contributed by atoms with E-state index in [9.17, 15) is 0 Å². The van der Waals surface area contributed by atoms with E-state index in [0.29, 0.717) is 18.2 Å². The predicted octanol–water partition coefficient (Wildman–Crippen LogP) is 1.75. The Kier molecular flexibility index (Phi) is 4.04. The van der Waals surface area contributed by atoms with Crippen molar-refractivity contribution in [2.75, 3.05) is 13.2 Å². The van der Waals surface area contributed by atoms with Gasteiger partial charge in [0.15, 0.2) is 0 Å². The Labute approximate surface area is 123 Å². The van der Waals surface area contributed by atoms with Crippen LogP contribution in [0.15, 0.2) is 28.8 Å². The quantitative estimate of drug-likeness (QED) is 0.906. The molecule has 1 N–H and O–H groups in total. The summed E-state index contributed by atoms with van der Waals surface area (Å²) in [6.45, 7) is 2.25. The number of rotatable bonds is 5. The highest BCUT2D eigenvalue weighted by Crippen LogP contribution is 2.33. The van der Waals surface area contributed by atoms with Crippen LogP contribution in [-0.2, 0) is 18.3 Å². The molecule has 0 radical (unpaired) electrons. The maximum Gasteiger partial charge on any atom is 0.203 e. The Morgan fingerprint density at radius 2 is 2.38 bits per heavy atom. The fraction of sp³-hybridized carbons (Fsp3) is 0.467. The molecule has 1 aliphatic heterocycles. The van der Waals surface area contributed by atoms with Gasteiger partial charge in [0.25, 0.3) is 0 Å². The van der Waals surface area contributed by atoms with E-state index in [-0.39, 0.29) is 6.10 Å². The second-order valence-corrected chi connectivity index (χ2v) is 5.23. The van der Waals surface area contributed by atoms with Gasteiger partial charge in [0.2, 0.25) is 5.76 Å². The van der Waals surface area contributed by atoms with Crippen molar-refractivity contribution in [1.82, 2.24) is 15.1 Å². The van der Waals surface area contributed by atoms with E-state index in [1.807, 2.05) is 29.9 Å². The molecule has 0 spiro atoms. The van der Waals surface area contributed by atoms with Crippen LogP contribution in [-0.4, -0.2) is 22.9 Å². The normalized spacial score (nSPS) is 21.5. The fourth-order valence-electron chi connectivity index (χ4n) is 2.75. The molecule has 0 aliphatic carbocycles. The lowest BCUT2D eigenvalue weighted by molar-refractivity contribution is 0.0836. The van der Waals surface area contributed by atoms with E-state index < -0.39 is 0 Å². The fourth-order valence-corrected chi connectivity index (χ4v) is 2.75. The Hall–Kier alpha value is -2.10. The summed E-state index contributed by atoms with van der Waals surface area (Å²) in [6.07, 6.45) is 2.93. The van der Waals surface area contributed by atoms with Crippen molar-refractivity contribution in [2.24, 2.45) is 13.0 Å². The second-order valence-electron chi connectivity index (χ2n) is 5.23. The summed E-state index contributed by atoms with van der Waals surface area (Å²) in [5.41, 5.74) is 1.11. The lowest BCUT2D eigenvalue weighted by Gasteiger charge is -2.19. The average molecular weight is 286 g/mol. The summed E-state index contributed by atoms with van der Waals surface area (Å²) in [5.74, 6) is 1.55. The maximum atomic E-state index is 8.73. The summed E-state index contributed by atoms with van der Waals surface area (Å²) in [4.78, 5) is 0. The Morgan fingerprint density at radius 1 is 1.48 bits per heavy atom. The molecule has 3 rings (SSSR count). The number of furan rings is 1. The summed E-state index contributed by atoms with van der Waals surface area (Å²) in [5, 5.41) is 16.3. The highest BCUT2D eigenvalue weighted by molar-refractivity contribution is 5.19. The maximum absolute atomic E-state index is 8.73. The molecule has 0 unspecified atom stereocenters. The molecule has 2 atom stereocenters. The van der Waals surface area contributed by atoms with Crippen LogP contribution in [0.1, 0.15) is 29.7 Å². The molecule has 1 aliphatic rings. The van der Waals surface area contributed by atoms with Gasteiger partial charge in [-0.05, 0) is 24.6 Å². The van der Waals surface area contributed by atoms with Crippen LogP contribution in [0, 0.1) is 17.2 Å². The summed E-state index contributed by atoms with van der Waals surface area (Å²) >= 11 is 0. The van der Waals surface area contributed by atoms with E-state index in [1.165, 1.54) is 0 Å². The molecule has 3 heterocycles. The number of ether oxygens (including phenoxy) is 1. The number of nitrogens with zero attached hydrogens (tertiary/aromatic N) is 3. The Balaban J connectivity index is 1.55. The second kappa shape index (κ2) is 6.12. The van der Waals surface area contributed by atoms with Crippen LogP contribution in [0.25, 0.3) is 0 Å². The first-order valence-electron chi connectivity index (χ1n) is 7.07. The molecule has 21 heavy (non-hydrogen) atoms. The van der Waals surface area contributed by atoms with Gasteiger partial charge in [0.05, 0.1) is 12.2 Å². The zero-order valence-electron chi connectivity index (χ0n) is 12.0. The van der Waals surface area contributed by atoms with Gasteiger partial charge < -0.3 is 14.5 Å². The van der Waals surface area contributed by atoms with Crippen molar-refractivity contribution in [1.29, 1.82) is 5.26 Å². The predicted molar refractivity (Wildman–Crippen MR) is 75.1 cm³/mol. The van der Waals surface area contributed by atoms with Crippen LogP contribution >= 0.6 is 0 Å². The van der Waals surface area contributed by atoms with Gasteiger partial charge in [-0.2, -0.15) is 10.4 Å². The number of hydrogen-bond acceptors (Lipinski definition) is 5. The SMILES string of the molecule is Cn1nccc1[C@@H]1OCC[C@H]1CNCc1ccc(C#N)o1. The van der Waals surface area contributed by atoms with Gasteiger partial charge in [0, 0.05) is 32.3 Å². The van der Waals surface area contributed by atoms with Crippen LogP contribution in [0.5, 0.6) is 0 Å². The summed E-state index contributed by atoms with van der Waals surface area (Å²) in [7, 11) is 1.94. The number of nitriles is 1. The van der Waals surface area contributed by atoms with E-state index in [0.717, 1.165) is 31.0 Å². The first-order valence-corrected chi connectivity index (χ1v) is 7.07. The standard InChI is InChI=1S/C15H18N4O2/c1-19-14(4-6-18-19)15-11(5-7-20-15)9-17-10-13-3-2-12(8-16)21-13/h2-4,6,11,15,17H,5,7,9-10H2,1H3/t11-,15+/m0/s1. The van der Waals surface area contributed by atoms with E-state index in [2.05, 4.69) is 10.4 Å². The molecule has 2 aromatic rings. The molecule has 1 saturated heterocycles. The van der Waals surface area contributed by atoms with Gasteiger partial charge in [0.1, 0.15) is 17.9 Å². The van der Waals surface area contributed by atoms with E-state index in [4.69, 9.17) is 14.4 Å². The molecule has 6 nitrogen and oxygen atoms in total. The van der Waals surface area contributed by atoms with Gasteiger partial charge in [-0.3, -0.25) is 4.68 Å². The summed E-state index contributed by atoms with van der Waals surface area (Å²) in [6, 6.07) is 7.51. The number of nitrogens with one attached hydrogen (secondary N) is 1.